The molecule has 0 aliphatic heterocycles. The Morgan fingerprint density at radius 2 is 2.03 bits per heavy atom. The van der Waals surface area contributed by atoms with Crippen LogP contribution in [0.3, 0.4) is 0 Å². The Kier molecular flexibility index (Phi) is 9.49. The highest BCUT2D eigenvalue weighted by molar-refractivity contribution is 7.15. The summed E-state index contributed by atoms with van der Waals surface area (Å²) in [6.45, 7) is 2.87. The van der Waals surface area contributed by atoms with E-state index >= 15 is 0 Å². The third-order valence-corrected chi connectivity index (χ3v) is 6.01. The first-order valence-electron chi connectivity index (χ1n) is 10.9. The van der Waals surface area contributed by atoms with Gasteiger partial charge in [-0.15, -0.1) is 11.3 Å². The van der Waals surface area contributed by atoms with Crippen LogP contribution in [0.4, 0.5) is 5.13 Å². The highest BCUT2D eigenvalue weighted by Crippen LogP contribution is 2.23. The van der Waals surface area contributed by atoms with Crippen molar-refractivity contribution in [2.24, 2.45) is 0 Å². The zero-order valence-corrected chi connectivity index (χ0v) is 20.1. The van der Waals surface area contributed by atoms with E-state index in [1.807, 2.05) is 54.6 Å². The topological polar surface area (TPSA) is 75.0 Å². The van der Waals surface area contributed by atoms with Crippen molar-refractivity contribution in [2.45, 2.75) is 39.0 Å². The second-order valence-electron chi connectivity index (χ2n) is 7.54. The summed E-state index contributed by atoms with van der Waals surface area (Å²) >= 11 is 7.41. The molecule has 1 aromatic heterocycles. The number of hydrogen-bond acceptors (Lipinski definition) is 5. The number of hydrogen-bond donors (Lipinski definition) is 1. The number of aromatic nitrogens is 1. The predicted molar refractivity (Wildman–Crippen MR) is 135 cm³/mol. The van der Waals surface area contributed by atoms with Gasteiger partial charge in [0.15, 0.2) is 5.13 Å². The number of halogens is 1. The molecule has 1 heterocycles. The van der Waals surface area contributed by atoms with E-state index in [0.29, 0.717) is 23.2 Å². The Balaban J connectivity index is 1.56. The number of amides is 1. The van der Waals surface area contributed by atoms with Gasteiger partial charge in [0.1, 0.15) is 17.4 Å². The molecule has 0 radical (unpaired) electrons. The molecule has 3 aromatic rings. The van der Waals surface area contributed by atoms with Crippen LogP contribution in [0.25, 0.3) is 6.08 Å². The van der Waals surface area contributed by atoms with Crippen molar-refractivity contribution in [3.63, 3.8) is 0 Å². The van der Waals surface area contributed by atoms with Crippen LogP contribution < -0.4 is 10.1 Å². The number of thiazole rings is 1. The van der Waals surface area contributed by atoms with Gasteiger partial charge >= 0.3 is 0 Å². The molecule has 0 spiro atoms. The van der Waals surface area contributed by atoms with Crippen LogP contribution in [0.15, 0.2) is 60.3 Å². The van der Waals surface area contributed by atoms with Crippen molar-refractivity contribution >= 4 is 40.1 Å². The maximum atomic E-state index is 12.6. The Morgan fingerprint density at radius 1 is 1.21 bits per heavy atom. The molecule has 0 saturated carbocycles. The van der Waals surface area contributed by atoms with Crippen molar-refractivity contribution in [1.29, 1.82) is 5.26 Å². The van der Waals surface area contributed by atoms with E-state index in [1.54, 1.807) is 12.3 Å². The lowest BCUT2D eigenvalue weighted by molar-refractivity contribution is -0.112. The zero-order valence-electron chi connectivity index (χ0n) is 18.5. The Labute approximate surface area is 203 Å². The van der Waals surface area contributed by atoms with Gasteiger partial charge in [-0.3, -0.25) is 10.1 Å². The average molecular weight is 480 g/mol. The third kappa shape index (κ3) is 8.05. The third-order valence-electron chi connectivity index (χ3n) is 4.86. The van der Waals surface area contributed by atoms with E-state index in [0.717, 1.165) is 28.2 Å². The van der Waals surface area contributed by atoms with Gasteiger partial charge in [0.05, 0.1) is 6.61 Å². The summed E-state index contributed by atoms with van der Waals surface area (Å²) in [5.41, 5.74) is 1.82. The molecule has 0 fully saturated rings. The number of carbonyl (C=O) groups is 1. The molecular formula is C26H26ClN3O2S. The molecular weight excluding hydrogens is 454 g/mol. The van der Waals surface area contributed by atoms with Gasteiger partial charge in [0.25, 0.3) is 5.91 Å². The van der Waals surface area contributed by atoms with Gasteiger partial charge in [-0.2, -0.15) is 5.26 Å². The lowest BCUT2D eigenvalue weighted by Crippen LogP contribution is -2.13. The summed E-state index contributed by atoms with van der Waals surface area (Å²) in [4.78, 5) is 17.8. The Hall–Kier alpha value is -3.14. The molecule has 170 valence electrons. The second kappa shape index (κ2) is 12.8. The fraction of sp³-hybridized carbons (Fsp3) is 0.269. The molecule has 7 heteroatoms. The molecule has 0 aliphatic carbocycles. The normalized spacial score (nSPS) is 11.1. The summed E-state index contributed by atoms with van der Waals surface area (Å²) in [6.07, 6.45) is 8.56. The molecule has 0 bridgehead atoms. The fourth-order valence-electron chi connectivity index (χ4n) is 3.15. The minimum absolute atomic E-state index is 0.00910. The average Bonchev–Trinajstić information content (AvgIpc) is 3.24. The van der Waals surface area contributed by atoms with Crippen LogP contribution >= 0.6 is 22.9 Å². The number of anilines is 1. The van der Waals surface area contributed by atoms with E-state index < -0.39 is 5.91 Å². The molecule has 0 aliphatic rings. The van der Waals surface area contributed by atoms with Gasteiger partial charge in [-0.1, -0.05) is 62.1 Å². The predicted octanol–water partition coefficient (Wildman–Crippen LogP) is 6.89. The summed E-state index contributed by atoms with van der Waals surface area (Å²) in [5.74, 6) is 0.291. The minimum Gasteiger partial charge on any atom is -0.494 e. The van der Waals surface area contributed by atoms with E-state index in [9.17, 15) is 10.1 Å². The zero-order chi connectivity index (χ0) is 23.5. The summed E-state index contributed by atoms with van der Waals surface area (Å²) in [7, 11) is 0. The molecule has 5 nitrogen and oxygen atoms in total. The van der Waals surface area contributed by atoms with Crippen molar-refractivity contribution in [2.75, 3.05) is 11.9 Å². The monoisotopic (exact) mass is 479 g/mol. The van der Waals surface area contributed by atoms with Crippen molar-refractivity contribution < 1.29 is 9.53 Å². The Morgan fingerprint density at radius 3 is 2.76 bits per heavy atom. The number of unbranched alkanes of at least 4 members (excludes halogenated alkanes) is 3. The largest absolute Gasteiger partial charge is 0.494 e. The van der Waals surface area contributed by atoms with Gasteiger partial charge in [-0.05, 0) is 47.9 Å². The van der Waals surface area contributed by atoms with E-state index in [4.69, 9.17) is 16.3 Å². The van der Waals surface area contributed by atoms with Crippen LogP contribution in [0, 0.1) is 11.3 Å². The first-order chi connectivity index (χ1) is 16.1. The number of nitrogens with zero attached hydrogens (tertiary/aromatic N) is 2. The van der Waals surface area contributed by atoms with E-state index in [1.165, 1.54) is 30.6 Å². The first-order valence-corrected chi connectivity index (χ1v) is 12.1. The molecule has 0 unspecified atom stereocenters. The highest BCUT2D eigenvalue weighted by atomic mass is 35.5. The van der Waals surface area contributed by atoms with Gasteiger partial charge in [0, 0.05) is 22.5 Å². The summed E-state index contributed by atoms with van der Waals surface area (Å²) in [5, 5.41) is 13.3. The maximum Gasteiger partial charge on any atom is 0.268 e. The van der Waals surface area contributed by atoms with Gasteiger partial charge < -0.3 is 4.74 Å². The summed E-state index contributed by atoms with van der Waals surface area (Å²) in [6, 6.07) is 17.0. The van der Waals surface area contributed by atoms with Crippen LogP contribution in [0.5, 0.6) is 5.75 Å². The number of nitrogens with one attached hydrogen (secondary N) is 1. The molecule has 3 rings (SSSR count). The first kappa shape index (κ1) is 24.5. The lowest BCUT2D eigenvalue weighted by atomic mass is 10.1. The van der Waals surface area contributed by atoms with E-state index in [-0.39, 0.29) is 5.57 Å². The number of nitriles is 1. The van der Waals surface area contributed by atoms with Crippen LogP contribution in [0.1, 0.15) is 48.6 Å². The summed E-state index contributed by atoms with van der Waals surface area (Å²) < 4.78 is 5.74. The van der Waals surface area contributed by atoms with Crippen LogP contribution in [-0.2, 0) is 11.2 Å². The lowest BCUT2D eigenvalue weighted by Gasteiger charge is -2.06. The number of carbonyl (C=O) groups excluding carboxylic acids is 1. The number of rotatable bonds is 11. The number of ether oxygens (including phenoxy) is 1. The molecule has 33 heavy (non-hydrogen) atoms. The second-order valence-corrected chi connectivity index (χ2v) is 9.09. The quantitative estimate of drug-likeness (QED) is 0.184. The Bertz CT molecular complexity index is 1130. The SMILES string of the molecule is CCCCCCOc1ccc(/C=C(\C#N)C(=O)Nc2ncc(Cc3cccc(Cl)c3)s2)cc1. The van der Waals surface area contributed by atoms with Gasteiger partial charge in [-0.25, -0.2) is 4.98 Å². The standard InChI is InChI=1S/C26H26ClN3O2S/c1-2-3-4-5-13-32-23-11-9-19(10-12-23)14-21(17-28)25(31)30-26-29-18-24(33-26)16-20-7-6-8-22(27)15-20/h6-12,14-15,18H,2-5,13,16H2,1H3,(H,29,30,31)/b21-14+. The molecule has 1 N–H and O–H groups in total. The molecule has 2 aromatic carbocycles. The molecule has 1 amide bonds. The van der Waals surface area contributed by atoms with Gasteiger partial charge in [0.2, 0.25) is 0 Å². The highest BCUT2D eigenvalue weighted by Gasteiger charge is 2.12. The van der Waals surface area contributed by atoms with Crippen LogP contribution in [-0.4, -0.2) is 17.5 Å². The van der Waals surface area contributed by atoms with E-state index in [2.05, 4.69) is 17.2 Å². The van der Waals surface area contributed by atoms with Crippen molar-refractivity contribution in [3.05, 3.63) is 81.3 Å². The fourth-order valence-corrected chi connectivity index (χ4v) is 4.21. The maximum absolute atomic E-state index is 12.6. The minimum atomic E-state index is -0.489. The van der Waals surface area contributed by atoms with Crippen LogP contribution in [0.2, 0.25) is 5.02 Å². The molecule has 0 atom stereocenters. The number of benzene rings is 2. The molecule has 0 saturated heterocycles. The van der Waals surface area contributed by atoms with Crippen molar-refractivity contribution in [3.8, 4) is 11.8 Å². The van der Waals surface area contributed by atoms with Crippen molar-refractivity contribution in [1.82, 2.24) is 4.98 Å². The smallest absolute Gasteiger partial charge is 0.268 e.